The Labute approximate surface area is 150 Å². The van der Waals surface area contributed by atoms with E-state index in [1.54, 1.807) is 29.5 Å². The zero-order valence-corrected chi connectivity index (χ0v) is 15.3. The maximum absolute atomic E-state index is 13.6. The van der Waals surface area contributed by atoms with Gasteiger partial charge in [0.15, 0.2) is 5.13 Å². The summed E-state index contributed by atoms with van der Waals surface area (Å²) in [5.74, 6) is -0.480. The molecule has 2 aromatic carbocycles. The van der Waals surface area contributed by atoms with E-state index >= 15 is 0 Å². The highest BCUT2D eigenvalue weighted by molar-refractivity contribution is 7.22. The Kier molecular flexibility index (Phi) is 4.99. The van der Waals surface area contributed by atoms with Crippen molar-refractivity contribution in [3.63, 3.8) is 0 Å². The fraction of sp³-hybridized carbons (Fsp3) is 0.263. The van der Waals surface area contributed by atoms with Crippen LogP contribution in [0.1, 0.15) is 16.7 Å². The van der Waals surface area contributed by atoms with Crippen molar-refractivity contribution < 1.29 is 9.18 Å². The van der Waals surface area contributed by atoms with Crippen LogP contribution in [-0.2, 0) is 11.3 Å². The Hall–Kier alpha value is -2.47. The number of hydrogen-bond acceptors (Lipinski definition) is 4. The zero-order chi connectivity index (χ0) is 18.0. The first-order chi connectivity index (χ1) is 12.0. The monoisotopic (exact) mass is 357 g/mol. The van der Waals surface area contributed by atoms with Gasteiger partial charge in [0.25, 0.3) is 0 Å². The van der Waals surface area contributed by atoms with Crippen molar-refractivity contribution in [2.24, 2.45) is 0 Å². The second-order valence-electron chi connectivity index (χ2n) is 6.10. The minimum Gasteiger partial charge on any atom is -0.350 e. The summed E-state index contributed by atoms with van der Waals surface area (Å²) in [7, 11) is 1.84. The molecule has 1 heterocycles. The number of fused-ring (bicyclic) bond motifs is 1. The van der Waals surface area contributed by atoms with Crippen LogP contribution >= 0.6 is 11.3 Å². The number of thiazole rings is 1. The maximum atomic E-state index is 13.6. The summed E-state index contributed by atoms with van der Waals surface area (Å²) in [6.07, 6.45) is 0. The average Bonchev–Trinajstić information content (AvgIpc) is 3.04. The third-order valence-corrected chi connectivity index (χ3v) is 5.38. The number of carbonyl (C=O) groups excluding carboxylic acids is 1. The summed E-state index contributed by atoms with van der Waals surface area (Å²) in [4.78, 5) is 18.6. The van der Waals surface area contributed by atoms with Crippen LogP contribution in [0.25, 0.3) is 10.2 Å². The molecule has 0 unspecified atom stereocenters. The van der Waals surface area contributed by atoms with Crippen LogP contribution in [0.2, 0.25) is 0 Å². The summed E-state index contributed by atoms with van der Waals surface area (Å²) in [5.41, 5.74) is 3.77. The molecule has 6 heteroatoms. The molecule has 1 amide bonds. The van der Waals surface area contributed by atoms with Crippen LogP contribution < -0.4 is 10.2 Å². The molecular formula is C19H20FN3OS. The number of rotatable bonds is 5. The number of halogens is 1. The Balaban J connectivity index is 1.66. The predicted octanol–water partition coefficient (Wildman–Crippen LogP) is 3.80. The number of nitrogens with one attached hydrogen (secondary N) is 1. The van der Waals surface area contributed by atoms with Gasteiger partial charge in [-0.2, -0.15) is 0 Å². The lowest BCUT2D eigenvalue weighted by Gasteiger charge is -2.15. The molecule has 4 nitrogen and oxygen atoms in total. The Bertz CT molecular complexity index is 883. The van der Waals surface area contributed by atoms with Gasteiger partial charge in [0, 0.05) is 19.2 Å². The third-order valence-electron chi connectivity index (χ3n) is 4.07. The quantitative estimate of drug-likeness (QED) is 0.755. The molecule has 1 aromatic heterocycles. The molecule has 25 heavy (non-hydrogen) atoms. The summed E-state index contributed by atoms with van der Waals surface area (Å²) in [6.45, 7) is 4.45. The molecule has 0 radical (unpaired) electrons. The minimum atomic E-state index is -0.312. The fourth-order valence-electron chi connectivity index (χ4n) is 2.59. The molecule has 0 saturated carbocycles. The van der Waals surface area contributed by atoms with Crippen molar-refractivity contribution in [1.82, 2.24) is 10.3 Å². The number of hydrogen-bond donors (Lipinski definition) is 1. The minimum absolute atomic E-state index is 0.168. The van der Waals surface area contributed by atoms with Crippen molar-refractivity contribution >= 4 is 32.6 Å². The summed E-state index contributed by atoms with van der Waals surface area (Å²) in [6, 6.07) is 10.6. The second kappa shape index (κ2) is 7.19. The van der Waals surface area contributed by atoms with E-state index in [1.807, 2.05) is 18.9 Å². The molecule has 0 atom stereocenters. The summed E-state index contributed by atoms with van der Waals surface area (Å²) in [5, 5.41) is 3.55. The van der Waals surface area contributed by atoms with Gasteiger partial charge in [-0.3, -0.25) is 4.79 Å². The van der Waals surface area contributed by atoms with Crippen LogP contribution in [0.15, 0.2) is 36.4 Å². The van der Waals surface area contributed by atoms with Crippen LogP contribution in [0, 0.1) is 19.7 Å². The van der Waals surface area contributed by atoms with Gasteiger partial charge in [-0.05, 0) is 31.0 Å². The normalized spacial score (nSPS) is 10.9. The molecule has 0 saturated heterocycles. The van der Waals surface area contributed by atoms with Gasteiger partial charge in [0.2, 0.25) is 5.91 Å². The van der Waals surface area contributed by atoms with Crippen molar-refractivity contribution in [2.75, 3.05) is 18.5 Å². The van der Waals surface area contributed by atoms with Gasteiger partial charge in [0.1, 0.15) is 5.82 Å². The Morgan fingerprint density at radius 2 is 1.92 bits per heavy atom. The average molecular weight is 357 g/mol. The second-order valence-corrected chi connectivity index (χ2v) is 7.08. The van der Waals surface area contributed by atoms with Gasteiger partial charge in [-0.25, -0.2) is 9.37 Å². The number of aryl methyl sites for hydroxylation is 2. The number of anilines is 1. The highest BCUT2D eigenvalue weighted by atomic mass is 32.1. The van der Waals surface area contributed by atoms with E-state index in [4.69, 9.17) is 0 Å². The van der Waals surface area contributed by atoms with Crippen molar-refractivity contribution in [2.45, 2.75) is 20.4 Å². The van der Waals surface area contributed by atoms with E-state index in [-0.39, 0.29) is 24.8 Å². The lowest BCUT2D eigenvalue weighted by atomic mass is 10.1. The molecule has 0 spiro atoms. The summed E-state index contributed by atoms with van der Waals surface area (Å²) < 4.78 is 14.7. The first-order valence-corrected chi connectivity index (χ1v) is 8.85. The van der Waals surface area contributed by atoms with E-state index in [9.17, 15) is 9.18 Å². The van der Waals surface area contributed by atoms with Gasteiger partial charge < -0.3 is 10.2 Å². The third kappa shape index (κ3) is 3.79. The number of likely N-dealkylation sites (N-methyl/N-ethyl adjacent to an activating group) is 1. The van der Waals surface area contributed by atoms with Gasteiger partial charge in [-0.1, -0.05) is 41.7 Å². The molecule has 3 rings (SSSR count). The standard InChI is InChI=1S/C19H20FN3OS/c1-12-8-9-13(2)18-17(12)22-19(25-18)23(3)11-16(24)21-10-14-6-4-5-7-15(14)20/h4-9H,10-11H2,1-3H3,(H,21,24). The Morgan fingerprint density at radius 3 is 2.64 bits per heavy atom. The number of amides is 1. The van der Waals surface area contributed by atoms with Gasteiger partial charge in [0.05, 0.1) is 16.8 Å². The van der Waals surface area contributed by atoms with Crippen molar-refractivity contribution in [1.29, 1.82) is 0 Å². The van der Waals surface area contributed by atoms with Crippen LogP contribution in [0.5, 0.6) is 0 Å². The first-order valence-electron chi connectivity index (χ1n) is 8.03. The van der Waals surface area contributed by atoms with E-state index in [0.717, 1.165) is 20.9 Å². The zero-order valence-electron chi connectivity index (χ0n) is 14.5. The molecule has 0 aliphatic heterocycles. The topological polar surface area (TPSA) is 45.2 Å². The molecule has 0 fully saturated rings. The number of carbonyl (C=O) groups is 1. The highest BCUT2D eigenvalue weighted by Crippen LogP contribution is 2.32. The molecule has 130 valence electrons. The SMILES string of the molecule is Cc1ccc(C)c2sc(N(C)CC(=O)NCc3ccccc3F)nc12. The lowest BCUT2D eigenvalue weighted by molar-refractivity contribution is -0.119. The van der Waals surface area contributed by atoms with Gasteiger partial charge >= 0.3 is 0 Å². The number of aromatic nitrogens is 1. The molecule has 1 N–H and O–H groups in total. The van der Waals surface area contributed by atoms with Gasteiger partial charge in [-0.15, -0.1) is 0 Å². The number of benzene rings is 2. The van der Waals surface area contributed by atoms with Crippen LogP contribution in [-0.4, -0.2) is 24.5 Å². The van der Waals surface area contributed by atoms with Crippen LogP contribution in [0.3, 0.4) is 0 Å². The largest absolute Gasteiger partial charge is 0.350 e. The van der Waals surface area contributed by atoms with E-state index in [2.05, 4.69) is 29.4 Å². The lowest BCUT2D eigenvalue weighted by Crippen LogP contribution is -2.34. The molecule has 0 aliphatic carbocycles. The summed E-state index contributed by atoms with van der Waals surface area (Å²) >= 11 is 1.58. The molecule has 0 bridgehead atoms. The van der Waals surface area contributed by atoms with E-state index in [1.165, 1.54) is 11.6 Å². The van der Waals surface area contributed by atoms with Crippen molar-refractivity contribution in [3.8, 4) is 0 Å². The predicted molar refractivity (Wildman–Crippen MR) is 101 cm³/mol. The Morgan fingerprint density at radius 1 is 1.20 bits per heavy atom. The fourth-order valence-corrected chi connectivity index (χ4v) is 3.66. The van der Waals surface area contributed by atoms with E-state index in [0.29, 0.717) is 5.56 Å². The molecule has 0 aliphatic rings. The van der Waals surface area contributed by atoms with Crippen LogP contribution in [0.4, 0.5) is 9.52 Å². The molecular weight excluding hydrogens is 337 g/mol. The highest BCUT2D eigenvalue weighted by Gasteiger charge is 2.14. The maximum Gasteiger partial charge on any atom is 0.239 e. The molecule has 3 aromatic rings. The smallest absolute Gasteiger partial charge is 0.239 e. The van der Waals surface area contributed by atoms with E-state index < -0.39 is 0 Å². The first kappa shape index (κ1) is 17.4. The van der Waals surface area contributed by atoms with Crippen molar-refractivity contribution in [3.05, 3.63) is 58.9 Å². The number of nitrogens with zero attached hydrogens (tertiary/aromatic N) is 2.